The topological polar surface area (TPSA) is 97.6 Å². The Morgan fingerprint density at radius 1 is 1.18 bits per heavy atom. The van der Waals surface area contributed by atoms with Gasteiger partial charge in [-0.25, -0.2) is 4.79 Å². The van der Waals surface area contributed by atoms with Crippen LogP contribution in [0.5, 0.6) is 5.75 Å². The lowest BCUT2D eigenvalue weighted by Gasteiger charge is -2.32. The summed E-state index contributed by atoms with van der Waals surface area (Å²) in [7, 11) is 0. The van der Waals surface area contributed by atoms with Gasteiger partial charge in [-0.1, -0.05) is 0 Å². The highest BCUT2D eigenvalue weighted by molar-refractivity contribution is 5.92. The number of nitrogens with zero attached hydrogens (tertiary/aromatic N) is 2. The Hall–Kier alpha value is -3.09. The van der Waals surface area contributed by atoms with Gasteiger partial charge in [0.2, 0.25) is 5.91 Å². The van der Waals surface area contributed by atoms with Crippen LogP contribution >= 0.6 is 0 Å². The lowest BCUT2D eigenvalue weighted by molar-refractivity contribution is 0.1000. The molecule has 0 aliphatic carbocycles. The molecule has 1 aliphatic rings. The molecule has 1 aliphatic heterocycles. The number of ether oxygens (including phenoxy) is 1. The summed E-state index contributed by atoms with van der Waals surface area (Å²) in [6, 6.07) is 10.4. The molecule has 3 N–H and O–H groups in total. The normalized spacial score (nSPS) is 14.5. The maximum absolute atomic E-state index is 12.3. The van der Waals surface area contributed by atoms with Crippen molar-refractivity contribution in [2.45, 2.75) is 25.7 Å². The second-order valence-corrected chi connectivity index (χ2v) is 6.98. The molecule has 148 valence electrons. The van der Waals surface area contributed by atoms with Crippen LogP contribution in [0.3, 0.4) is 0 Å². The molecule has 1 aromatic heterocycles. The first-order valence-electron chi connectivity index (χ1n) is 9.60. The molecule has 3 rings (SSSR count). The summed E-state index contributed by atoms with van der Waals surface area (Å²) in [6.07, 6.45) is 7.39. The maximum atomic E-state index is 12.3. The van der Waals surface area contributed by atoms with E-state index >= 15 is 0 Å². The van der Waals surface area contributed by atoms with E-state index in [0.29, 0.717) is 18.1 Å². The number of benzene rings is 1. The van der Waals surface area contributed by atoms with E-state index in [2.05, 4.69) is 10.3 Å². The number of piperidine rings is 1. The molecule has 0 bridgehead atoms. The number of pyridine rings is 1. The molecule has 0 saturated carbocycles. The van der Waals surface area contributed by atoms with Crippen molar-refractivity contribution in [3.05, 3.63) is 54.4 Å². The number of amides is 3. The monoisotopic (exact) mass is 382 g/mol. The molecule has 3 amide bonds. The molecule has 1 saturated heterocycles. The van der Waals surface area contributed by atoms with E-state index in [0.717, 1.165) is 50.2 Å². The number of aromatic nitrogens is 1. The minimum absolute atomic E-state index is 0.0609. The van der Waals surface area contributed by atoms with Crippen molar-refractivity contribution in [3.63, 3.8) is 0 Å². The van der Waals surface area contributed by atoms with Crippen LogP contribution in [0.4, 0.5) is 10.5 Å². The van der Waals surface area contributed by atoms with Gasteiger partial charge in [-0.2, -0.15) is 0 Å². The molecule has 1 fully saturated rings. The number of hydrogen-bond donors (Lipinski definition) is 2. The van der Waals surface area contributed by atoms with E-state index in [9.17, 15) is 9.59 Å². The van der Waals surface area contributed by atoms with Gasteiger partial charge in [0.1, 0.15) is 5.75 Å². The van der Waals surface area contributed by atoms with Crippen molar-refractivity contribution in [1.29, 1.82) is 0 Å². The first-order chi connectivity index (χ1) is 13.6. The van der Waals surface area contributed by atoms with E-state index in [1.54, 1.807) is 42.7 Å². The van der Waals surface area contributed by atoms with Crippen molar-refractivity contribution in [3.8, 4) is 5.75 Å². The summed E-state index contributed by atoms with van der Waals surface area (Å²) < 4.78 is 5.72. The molecule has 7 heteroatoms. The Kier molecular flexibility index (Phi) is 6.84. The molecule has 0 atom stereocenters. The van der Waals surface area contributed by atoms with Gasteiger partial charge in [0.25, 0.3) is 0 Å². The number of carbonyl (C=O) groups excluding carboxylic acids is 2. The first kappa shape index (κ1) is 19.7. The zero-order chi connectivity index (χ0) is 19.8. The lowest BCUT2D eigenvalue weighted by Crippen LogP contribution is -2.41. The van der Waals surface area contributed by atoms with Crippen LogP contribution in [0.15, 0.2) is 48.8 Å². The fraction of sp³-hybridized carbons (Fsp3) is 0.381. The highest BCUT2D eigenvalue weighted by Gasteiger charge is 2.22. The van der Waals surface area contributed by atoms with Crippen LogP contribution in [-0.4, -0.2) is 41.5 Å². The fourth-order valence-corrected chi connectivity index (χ4v) is 3.34. The summed E-state index contributed by atoms with van der Waals surface area (Å²) in [4.78, 5) is 29.2. The van der Waals surface area contributed by atoms with E-state index in [1.165, 1.54) is 0 Å². The van der Waals surface area contributed by atoms with Gasteiger partial charge in [0.05, 0.1) is 18.5 Å². The van der Waals surface area contributed by atoms with Crippen LogP contribution in [0.1, 0.15) is 36.0 Å². The molecular formula is C21H26N4O3. The van der Waals surface area contributed by atoms with E-state index in [-0.39, 0.29) is 6.03 Å². The van der Waals surface area contributed by atoms with Crippen molar-refractivity contribution in [2.24, 2.45) is 11.7 Å². The lowest BCUT2D eigenvalue weighted by atomic mass is 9.92. The fourth-order valence-electron chi connectivity index (χ4n) is 3.34. The van der Waals surface area contributed by atoms with Gasteiger partial charge in [0.15, 0.2) is 0 Å². The number of rotatable bonds is 7. The highest BCUT2D eigenvalue weighted by Crippen LogP contribution is 2.23. The predicted octanol–water partition coefficient (Wildman–Crippen LogP) is 3.28. The van der Waals surface area contributed by atoms with Gasteiger partial charge in [-0.15, -0.1) is 0 Å². The van der Waals surface area contributed by atoms with Gasteiger partial charge in [-0.3, -0.25) is 9.78 Å². The average molecular weight is 382 g/mol. The standard InChI is InChI=1S/C21H26N4O3/c22-20(26)17-5-7-19(8-6-17)28-14-2-3-16-9-12-25(13-10-16)21(27)24-18-4-1-11-23-15-18/h1,4-8,11,15-16H,2-3,9-10,12-14H2,(H2,22,26)(H,24,27). The Balaban J connectivity index is 1.32. The number of hydrogen-bond acceptors (Lipinski definition) is 4. The maximum Gasteiger partial charge on any atom is 0.321 e. The quantitative estimate of drug-likeness (QED) is 0.718. The number of nitrogens with one attached hydrogen (secondary N) is 1. The number of likely N-dealkylation sites (tertiary alicyclic amines) is 1. The van der Waals surface area contributed by atoms with Crippen molar-refractivity contribution >= 4 is 17.6 Å². The largest absolute Gasteiger partial charge is 0.494 e. The molecule has 1 aromatic carbocycles. The zero-order valence-electron chi connectivity index (χ0n) is 15.8. The van der Waals surface area contributed by atoms with Crippen molar-refractivity contribution in [1.82, 2.24) is 9.88 Å². The van der Waals surface area contributed by atoms with Gasteiger partial charge >= 0.3 is 6.03 Å². The van der Waals surface area contributed by atoms with Gasteiger partial charge in [0, 0.05) is 24.8 Å². The minimum Gasteiger partial charge on any atom is -0.494 e. The van der Waals surface area contributed by atoms with Crippen LogP contribution in [0.2, 0.25) is 0 Å². The first-order valence-corrected chi connectivity index (χ1v) is 9.60. The Morgan fingerprint density at radius 2 is 1.93 bits per heavy atom. The van der Waals surface area contributed by atoms with Crippen molar-refractivity contribution in [2.75, 3.05) is 25.0 Å². The zero-order valence-corrected chi connectivity index (χ0v) is 15.8. The number of urea groups is 1. The molecule has 0 spiro atoms. The summed E-state index contributed by atoms with van der Waals surface area (Å²) in [5.74, 6) is 0.919. The smallest absolute Gasteiger partial charge is 0.321 e. The third kappa shape index (κ3) is 5.70. The van der Waals surface area contributed by atoms with Crippen molar-refractivity contribution < 1.29 is 14.3 Å². The van der Waals surface area contributed by atoms with Crippen LogP contribution in [0, 0.1) is 5.92 Å². The van der Waals surface area contributed by atoms with Gasteiger partial charge in [-0.05, 0) is 68.0 Å². The Labute approximate surface area is 164 Å². The summed E-state index contributed by atoms with van der Waals surface area (Å²) in [5, 5.41) is 2.88. The Bertz CT molecular complexity index is 772. The third-order valence-corrected chi connectivity index (χ3v) is 4.98. The molecule has 2 aromatic rings. The summed E-state index contributed by atoms with van der Waals surface area (Å²) in [6.45, 7) is 2.18. The molecule has 2 heterocycles. The minimum atomic E-state index is -0.438. The van der Waals surface area contributed by atoms with E-state index in [4.69, 9.17) is 10.5 Å². The number of anilines is 1. The average Bonchev–Trinajstić information content (AvgIpc) is 2.72. The molecule has 28 heavy (non-hydrogen) atoms. The second kappa shape index (κ2) is 9.73. The second-order valence-electron chi connectivity index (χ2n) is 6.98. The molecule has 0 radical (unpaired) electrons. The van der Waals surface area contributed by atoms with Crippen LogP contribution < -0.4 is 15.8 Å². The van der Waals surface area contributed by atoms with Crippen LogP contribution in [0.25, 0.3) is 0 Å². The van der Waals surface area contributed by atoms with Crippen LogP contribution in [-0.2, 0) is 0 Å². The molecule has 0 unspecified atom stereocenters. The van der Waals surface area contributed by atoms with Gasteiger partial charge < -0.3 is 20.7 Å². The summed E-state index contributed by atoms with van der Waals surface area (Å²) >= 11 is 0. The third-order valence-electron chi connectivity index (χ3n) is 4.98. The number of nitrogens with two attached hydrogens (primary N) is 1. The number of carbonyl (C=O) groups is 2. The predicted molar refractivity (Wildman–Crippen MR) is 107 cm³/mol. The SMILES string of the molecule is NC(=O)c1ccc(OCCCC2CCN(C(=O)Nc3cccnc3)CC2)cc1. The number of primary amides is 1. The van der Waals surface area contributed by atoms with E-state index in [1.807, 2.05) is 11.0 Å². The molecule has 7 nitrogen and oxygen atoms in total. The van der Waals surface area contributed by atoms with E-state index < -0.39 is 5.91 Å². The Morgan fingerprint density at radius 3 is 2.57 bits per heavy atom. The summed E-state index contributed by atoms with van der Waals surface area (Å²) in [5.41, 5.74) is 6.42. The molecular weight excluding hydrogens is 356 g/mol. The highest BCUT2D eigenvalue weighted by atomic mass is 16.5.